The molecule has 1 fully saturated rings. The lowest BCUT2D eigenvalue weighted by molar-refractivity contribution is 0.269. The number of anilines is 1. The highest BCUT2D eigenvalue weighted by molar-refractivity contribution is 5.30. The topological polar surface area (TPSA) is 52.5 Å². The van der Waals surface area contributed by atoms with Crippen LogP contribution in [0.3, 0.4) is 0 Å². The third-order valence-corrected chi connectivity index (χ3v) is 2.98. The van der Waals surface area contributed by atoms with Gasteiger partial charge in [-0.15, -0.1) is 0 Å². The van der Waals surface area contributed by atoms with Crippen molar-refractivity contribution in [3.63, 3.8) is 0 Å². The summed E-state index contributed by atoms with van der Waals surface area (Å²) in [5.74, 6) is 0.771. The smallest absolute Gasteiger partial charge is 0.225 e. The minimum Gasteiger partial charge on any atom is -0.392 e. The van der Waals surface area contributed by atoms with Crippen LogP contribution in [0, 0.1) is 0 Å². The Balaban J connectivity index is 1.97. The Kier molecular flexibility index (Phi) is 3.69. The summed E-state index contributed by atoms with van der Waals surface area (Å²) in [5.41, 5.74) is 0.760. The molecule has 5 nitrogen and oxygen atoms in total. The van der Waals surface area contributed by atoms with Gasteiger partial charge in [-0.05, 0) is 6.54 Å². The van der Waals surface area contributed by atoms with Gasteiger partial charge in [0.2, 0.25) is 5.95 Å². The van der Waals surface area contributed by atoms with Crippen LogP contribution in [0.1, 0.15) is 12.5 Å². The van der Waals surface area contributed by atoms with Crippen molar-refractivity contribution < 1.29 is 5.11 Å². The summed E-state index contributed by atoms with van der Waals surface area (Å²) < 4.78 is 0. The van der Waals surface area contributed by atoms with Crippen LogP contribution in [-0.2, 0) is 6.61 Å². The van der Waals surface area contributed by atoms with Crippen LogP contribution in [0.25, 0.3) is 0 Å². The number of aliphatic hydroxyl groups excluding tert-OH is 1. The van der Waals surface area contributed by atoms with Crippen molar-refractivity contribution >= 4 is 5.95 Å². The number of aliphatic hydroxyl groups is 1. The fraction of sp³-hybridized carbons (Fsp3) is 0.636. The van der Waals surface area contributed by atoms with E-state index in [4.69, 9.17) is 5.11 Å². The Morgan fingerprint density at radius 2 is 1.81 bits per heavy atom. The Morgan fingerprint density at radius 1 is 1.19 bits per heavy atom. The Bertz CT molecular complexity index is 319. The highest BCUT2D eigenvalue weighted by atomic mass is 16.3. The van der Waals surface area contributed by atoms with Crippen LogP contribution in [0.15, 0.2) is 12.4 Å². The molecule has 1 aromatic heterocycles. The van der Waals surface area contributed by atoms with Crippen molar-refractivity contribution in [2.45, 2.75) is 13.5 Å². The van der Waals surface area contributed by atoms with Crippen molar-refractivity contribution in [2.75, 3.05) is 37.6 Å². The van der Waals surface area contributed by atoms with E-state index in [0.717, 1.165) is 44.2 Å². The molecule has 1 saturated heterocycles. The maximum Gasteiger partial charge on any atom is 0.225 e. The second-order valence-electron chi connectivity index (χ2n) is 3.97. The predicted molar refractivity (Wildman–Crippen MR) is 62.3 cm³/mol. The molecule has 2 heterocycles. The molecule has 1 aliphatic rings. The normalized spacial score (nSPS) is 17.8. The molecular weight excluding hydrogens is 204 g/mol. The number of hydrogen-bond acceptors (Lipinski definition) is 5. The zero-order chi connectivity index (χ0) is 11.4. The molecule has 0 amide bonds. The number of nitrogens with zero attached hydrogens (tertiary/aromatic N) is 4. The first-order chi connectivity index (χ1) is 7.83. The van der Waals surface area contributed by atoms with Gasteiger partial charge in [0.25, 0.3) is 0 Å². The average Bonchev–Trinajstić information content (AvgIpc) is 2.39. The molecule has 0 atom stereocenters. The van der Waals surface area contributed by atoms with E-state index in [9.17, 15) is 0 Å². The molecule has 2 rings (SSSR count). The van der Waals surface area contributed by atoms with E-state index >= 15 is 0 Å². The molecule has 5 heteroatoms. The van der Waals surface area contributed by atoms with Crippen LogP contribution in [0.4, 0.5) is 5.95 Å². The lowest BCUT2D eigenvalue weighted by Crippen LogP contribution is -2.46. The lowest BCUT2D eigenvalue weighted by atomic mass is 10.3. The van der Waals surface area contributed by atoms with Gasteiger partial charge in [-0.25, -0.2) is 9.97 Å². The van der Waals surface area contributed by atoms with Gasteiger partial charge in [-0.3, -0.25) is 0 Å². The standard InChI is InChI=1S/C11H18N4O/c1-2-14-3-5-15(6-4-14)11-12-7-10(9-16)8-13-11/h7-8,16H,2-6,9H2,1H3. The van der Waals surface area contributed by atoms with Gasteiger partial charge in [0.05, 0.1) is 6.61 Å². The summed E-state index contributed by atoms with van der Waals surface area (Å²) in [4.78, 5) is 13.1. The summed E-state index contributed by atoms with van der Waals surface area (Å²) in [6.45, 7) is 7.39. The lowest BCUT2D eigenvalue weighted by Gasteiger charge is -2.33. The minimum absolute atomic E-state index is 0.00386. The third-order valence-electron chi connectivity index (χ3n) is 2.98. The Labute approximate surface area is 95.7 Å². The molecule has 1 N–H and O–H groups in total. The molecule has 88 valence electrons. The maximum absolute atomic E-state index is 8.91. The number of aromatic nitrogens is 2. The molecular formula is C11H18N4O. The number of likely N-dealkylation sites (N-methyl/N-ethyl adjacent to an activating group) is 1. The van der Waals surface area contributed by atoms with E-state index in [-0.39, 0.29) is 6.61 Å². The van der Waals surface area contributed by atoms with Crippen molar-refractivity contribution in [2.24, 2.45) is 0 Å². The molecule has 1 aliphatic heterocycles. The molecule has 1 aromatic rings. The summed E-state index contributed by atoms with van der Waals surface area (Å²) in [6.07, 6.45) is 3.38. The van der Waals surface area contributed by atoms with Crippen molar-refractivity contribution in [3.05, 3.63) is 18.0 Å². The predicted octanol–water partition coefficient (Wildman–Crippen LogP) is 0.111. The fourth-order valence-corrected chi connectivity index (χ4v) is 1.86. The van der Waals surface area contributed by atoms with E-state index in [1.165, 1.54) is 0 Å². The van der Waals surface area contributed by atoms with Gasteiger partial charge in [0.1, 0.15) is 0 Å². The highest BCUT2D eigenvalue weighted by Gasteiger charge is 2.17. The first-order valence-electron chi connectivity index (χ1n) is 5.72. The second-order valence-corrected chi connectivity index (χ2v) is 3.97. The van der Waals surface area contributed by atoms with Gasteiger partial charge in [-0.2, -0.15) is 0 Å². The van der Waals surface area contributed by atoms with E-state index in [1.807, 2.05) is 0 Å². The van der Waals surface area contributed by atoms with E-state index in [1.54, 1.807) is 12.4 Å². The SMILES string of the molecule is CCN1CCN(c2ncc(CO)cn2)CC1. The molecule has 0 bridgehead atoms. The van der Waals surface area contributed by atoms with Crippen molar-refractivity contribution in [3.8, 4) is 0 Å². The van der Waals surface area contributed by atoms with Crippen LogP contribution in [0.2, 0.25) is 0 Å². The summed E-state index contributed by atoms with van der Waals surface area (Å²) >= 11 is 0. The zero-order valence-electron chi connectivity index (χ0n) is 9.63. The molecule has 0 spiro atoms. The molecule has 16 heavy (non-hydrogen) atoms. The number of rotatable bonds is 3. The quantitative estimate of drug-likeness (QED) is 0.786. The van der Waals surface area contributed by atoms with Gasteiger partial charge in [-0.1, -0.05) is 6.92 Å². The minimum atomic E-state index is 0.00386. The number of hydrogen-bond donors (Lipinski definition) is 1. The largest absolute Gasteiger partial charge is 0.392 e. The third kappa shape index (κ3) is 2.48. The van der Waals surface area contributed by atoms with Crippen molar-refractivity contribution in [1.29, 1.82) is 0 Å². The van der Waals surface area contributed by atoms with Crippen LogP contribution in [0.5, 0.6) is 0 Å². The Morgan fingerprint density at radius 3 is 2.31 bits per heavy atom. The van der Waals surface area contributed by atoms with Gasteiger partial charge in [0.15, 0.2) is 0 Å². The van der Waals surface area contributed by atoms with E-state index in [0.29, 0.717) is 0 Å². The van der Waals surface area contributed by atoms with Crippen LogP contribution in [-0.4, -0.2) is 52.7 Å². The van der Waals surface area contributed by atoms with Crippen LogP contribution >= 0.6 is 0 Å². The summed E-state index contributed by atoms with van der Waals surface area (Å²) in [6, 6.07) is 0. The summed E-state index contributed by atoms with van der Waals surface area (Å²) in [7, 11) is 0. The Hall–Kier alpha value is -1.20. The molecule has 0 aromatic carbocycles. The highest BCUT2D eigenvalue weighted by Crippen LogP contribution is 2.10. The monoisotopic (exact) mass is 222 g/mol. The molecule has 0 saturated carbocycles. The van der Waals surface area contributed by atoms with Gasteiger partial charge in [0, 0.05) is 44.1 Å². The fourth-order valence-electron chi connectivity index (χ4n) is 1.86. The summed E-state index contributed by atoms with van der Waals surface area (Å²) in [5, 5.41) is 8.91. The van der Waals surface area contributed by atoms with Gasteiger partial charge < -0.3 is 14.9 Å². The van der Waals surface area contributed by atoms with E-state index < -0.39 is 0 Å². The van der Waals surface area contributed by atoms with Crippen molar-refractivity contribution in [1.82, 2.24) is 14.9 Å². The second kappa shape index (κ2) is 5.23. The zero-order valence-corrected chi connectivity index (χ0v) is 9.63. The maximum atomic E-state index is 8.91. The number of piperazine rings is 1. The molecule has 0 aliphatic carbocycles. The van der Waals surface area contributed by atoms with Crippen LogP contribution < -0.4 is 4.90 Å². The van der Waals surface area contributed by atoms with Gasteiger partial charge >= 0.3 is 0 Å². The van der Waals surface area contributed by atoms with E-state index in [2.05, 4.69) is 26.7 Å². The first kappa shape index (κ1) is 11.3. The molecule has 0 radical (unpaired) electrons. The first-order valence-corrected chi connectivity index (χ1v) is 5.72. The average molecular weight is 222 g/mol. The molecule has 0 unspecified atom stereocenters.